The largest absolute Gasteiger partial charge is 0.452 e. The average Bonchev–Trinajstić information content (AvgIpc) is 2.53. The molecule has 120 valence electrons. The van der Waals surface area contributed by atoms with Gasteiger partial charge < -0.3 is 10.1 Å². The van der Waals surface area contributed by atoms with E-state index in [1.54, 1.807) is 30.3 Å². The molecule has 0 aliphatic heterocycles. The fourth-order valence-corrected chi connectivity index (χ4v) is 2.77. The Morgan fingerprint density at radius 1 is 1.17 bits per heavy atom. The van der Waals surface area contributed by atoms with Gasteiger partial charge >= 0.3 is 5.97 Å². The van der Waals surface area contributed by atoms with Crippen molar-refractivity contribution in [1.82, 2.24) is 5.32 Å². The number of hydrogen-bond donors (Lipinski definition) is 1. The summed E-state index contributed by atoms with van der Waals surface area (Å²) >= 11 is 9.35. The Labute approximate surface area is 147 Å². The van der Waals surface area contributed by atoms with E-state index in [1.807, 2.05) is 25.1 Å². The summed E-state index contributed by atoms with van der Waals surface area (Å²) < 4.78 is 5.64. The molecule has 0 aliphatic rings. The SMILES string of the molecule is C[C@H](NC(=O)COC(=O)c1ccccc1Br)c1ccccc1Cl. The van der Waals surface area contributed by atoms with Gasteiger partial charge in [0.1, 0.15) is 0 Å². The minimum atomic E-state index is -0.557. The van der Waals surface area contributed by atoms with Gasteiger partial charge in [-0.3, -0.25) is 4.79 Å². The van der Waals surface area contributed by atoms with Gasteiger partial charge in [0.2, 0.25) is 0 Å². The molecule has 0 radical (unpaired) electrons. The van der Waals surface area contributed by atoms with Crippen LogP contribution in [0, 0.1) is 0 Å². The third-order valence-electron chi connectivity index (χ3n) is 3.18. The van der Waals surface area contributed by atoms with E-state index in [0.29, 0.717) is 15.1 Å². The summed E-state index contributed by atoms with van der Waals surface area (Å²) in [5, 5.41) is 3.32. The van der Waals surface area contributed by atoms with Crippen molar-refractivity contribution in [2.45, 2.75) is 13.0 Å². The molecular weight excluding hydrogens is 382 g/mol. The fraction of sp³-hybridized carbons (Fsp3) is 0.176. The highest BCUT2D eigenvalue weighted by atomic mass is 79.9. The lowest BCUT2D eigenvalue weighted by molar-refractivity contribution is -0.124. The highest BCUT2D eigenvalue weighted by Crippen LogP contribution is 2.22. The quantitative estimate of drug-likeness (QED) is 0.773. The zero-order valence-electron chi connectivity index (χ0n) is 12.4. The van der Waals surface area contributed by atoms with Gasteiger partial charge in [-0.1, -0.05) is 41.9 Å². The van der Waals surface area contributed by atoms with Crippen molar-refractivity contribution in [2.24, 2.45) is 0 Å². The van der Waals surface area contributed by atoms with Gasteiger partial charge in [-0.25, -0.2) is 4.79 Å². The first-order valence-corrected chi connectivity index (χ1v) is 8.11. The van der Waals surface area contributed by atoms with E-state index in [4.69, 9.17) is 16.3 Å². The lowest BCUT2D eigenvalue weighted by Crippen LogP contribution is -2.31. The van der Waals surface area contributed by atoms with E-state index in [2.05, 4.69) is 21.2 Å². The van der Waals surface area contributed by atoms with E-state index in [9.17, 15) is 9.59 Å². The molecule has 1 atom stereocenters. The Morgan fingerprint density at radius 2 is 1.83 bits per heavy atom. The molecule has 1 N–H and O–H groups in total. The van der Waals surface area contributed by atoms with E-state index in [1.165, 1.54) is 0 Å². The van der Waals surface area contributed by atoms with Crippen LogP contribution in [-0.2, 0) is 9.53 Å². The number of carbonyl (C=O) groups is 2. The van der Waals surface area contributed by atoms with Gasteiger partial charge in [-0.2, -0.15) is 0 Å². The van der Waals surface area contributed by atoms with E-state index in [-0.39, 0.29) is 12.6 Å². The topological polar surface area (TPSA) is 55.4 Å². The Balaban J connectivity index is 1.89. The molecule has 2 rings (SSSR count). The highest BCUT2D eigenvalue weighted by molar-refractivity contribution is 9.10. The number of halogens is 2. The van der Waals surface area contributed by atoms with Crippen LogP contribution in [0.25, 0.3) is 0 Å². The second-order valence-electron chi connectivity index (χ2n) is 4.87. The maximum Gasteiger partial charge on any atom is 0.339 e. The molecule has 0 unspecified atom stereocenters. The van der Waals surface area contributed by atoms with Crippen molar-refractivity contribution in [2.75, 3.05) is 6.61 Å². The molecule has 2 aromatic rings. The van der Waals surface area contributed by atoms with E-state index in [0.717, 1.165) is 5.56 Å². The standard InChI is InChI=1S/C17H15BrClNO3/c1-11(12-6-3-5-9-15(12)19)20-16(21)10-23-17(22)13-7-2-4-8-14(13)18/h2-9,11H,10H2,1H3,(H,20,21)/t11-/m0/s1. The van der Waals surface area contributed by atoms with Crippen LogP contribution in [0.1, 0.15) is 28.9 Å². The zero-order chi connectivity index (χ0) is 16.8. The lowest BCUT2D eigenvalue weighted by atomic mass is 10.1. The molecule has 1 amide bonds. The van der Waals surface area contributed by atoms with Gasteiger partial charge in [-0.05, 0) is 46.6 Å². The Hall–Kier alpha value is -1.85. The first-order chi connectivity index (χ1) is 11.0. The maximum atomic E-state index is 11.9. The van der Waals surface area contributed by atoms with Crippen molar-refractivity contribution in [3.8, 4) is 0 Å². The predicted molar refractivity (Wildman–Crippen MR) is 92.4 cm³/mol. The molecule has 0 saturated carbocycles. The van der Waals surface area contributed by atoms with Crippen LogP contribution in [0.5, 0.6) is 0 Å². The second kappa shape index (κ2) is 8.13. The smallest absolute Gasteiger partial charge is 0.339 e. The fourth-order valence-electron chi connectivity index (χ4n) is 2.02. The maximum absolute atomic E-state index is 11.9. The first-order valence-electron chi connectivity index (χ1n) is 6.94. The van der Waals surface area contributed by atoms with Crippen LogP contribution in [-0.4, -0.2) is 18.5 Å². The normalized spacial score (nSPS) is 11.6. The molecule has 0 spiro atoms. The van der Waals surface area contributed by atoms with E-state index < -0.39 is 11.9 Å². The Bertz CT molecular complexity index is 720. The number of nitrogens with one attached hydrogen (secondary N) is 1. The average molecular weight is 397 g/mol. The Kier molecular flexibility index (Phi) is 6.19. The van der Waals surface area contributed by atoms with Crippen molar-refractivity contribution in [3.63, 3.8) is 0 Å². The minimum Gasteiger partial charge on any atom is -0.452 e. The number of hydrogen-bond acceptors (Lipinski definition) is 3. The summed E-state index contributed by atoms with van der Waals surface area (Å²) in [6, 6.07) is 13.8. The summed E-state index contributed by atoms with van der Waals surface area (Å²) in [5.41, 5.74) is 1.18. The highest BCUT2D eigenvalue weighted by Gasteiger charge is 2.15. The molecule has 0 heterocycles. The van der Waals surface area contributed by atoms with Crippen LogP contribution in [0.2, 0.25) is 5.02 Å². The Morgan fingerprint density at radius 3 is 2.52 bits per heavy atom. The summed E-state index contributed by atoms with van der Waals surface area (Å²) in [6.45, 7) is 1.46. The molecule has 0 bridgehead atoms. The zero-order valence-corrected chi connectivity index (χ0v) is 14.7. The summed E-state index contributed by atoms with van der Waals surface area (Å²) in [4.78, 5) is 23.8. The number of amides is 1. The number of carbonyl (C=O) groups excluding carboxylic acids is 2. The molecule has 4 nitrogen and oxygen atoms in total. The number of esters is 1. The van der Waals surface area contributed by atoms with Crippen LogP contribution < -0.4 is 5.32 Å². The summed E-state index contributed by atoms with van der Waals surface area (Å²) in [6.07, 6.45) is 0. The van der Waals surface area contributed by atoms with Gasteiger partial charge in [0.05, 0.1) is 11.6 Å². The van der Waals surface area contributed by atoms with Crippen molar-refractivity contribution in [3.05, 3.63) is 69.2 Å². The molecule has 6 heteroatoms. The molecule has 23 heavy (non-hydrogen) atoms. The van der Waals surface area contributed by atoms with Crippen LogP contribution in [0.3, 0.4) is 0 Å². The van der Waals surface area contributed by atoms with Crippen molar-refractivity contribution >= 4 is 39.4 Å². The number of ether oxygens (including phenoxy) is 1. The van der Waals surface area contributed by atoms with E-state index >= 15 is 0 Å². The third-order valence-corrected chi connectivity index (χ3v) is 4.21. The summed E-state index contributed by atoms with van der Waals surface area (Å²) in [7, 11) is 0. The molecule has 2 aromatic carbocycles. The summed E-state index contributed by atoms with van der Waals surface area (Å²) in [5.74, 6) is -0.948. The molecular formula is C17H15BrClNO3. The molecule has 0 fully saturated rings. The predicted octanol–water partition coefficient (Wildman–Crippen LogP) is 4.14. The van der Waals surface area contributed by atoms with Crippen molar-refractivity contribution < 1.29 is 14.3 Å². The monoisotopic (exact) mass is 395 g/mol. The van der Waals surface area contributed by atoms with Crippen LogP contribution in [0.4, 0.5) is 0 Å². The van der Waals surface area contributed by atoms with Gasteiger partial charge in [0.25, 0.3) is 5.91 Å². The lowest BCUT2D eigenvalue weighted by Gasteiger charge is -2.15. The van der Waals surface area contributed by atoms with Crippen LogP contribution >= 0.6 is 27.5 Å². The van der Waals surface area contributed by atoms with Gasteiger partial charge in [0, 0.05) is 9.50 Å². The minimum absolute atomic E-state index is 0.279. The molecule has 0 aromatic heterocycles. The van der Waals surface area contributed by atoms with Gasteiger partial charge in [0.15, 0.2) is 6.61 Å². The van der Waals surface area contributed by atoms with Gasteiger partial charge in [-0.15, -0.1) is 0 Å². The number of rotatable bonds is 5. The first kappa shape index (κ1) is 17.5. The molecule has 0 aliphatic carbocycles. The van der Waals surface area contributed by atoms with Crippen molar-refractivity contribution in [1.29, 1.82) is 0 Å². The molecule has 0 saturated heterocycles. The second-order valence-corrected chi connectivity index (χ2v) is 6.13. The number of benzene rings is 2. The van der Waals surface area contributed by atoms with Crippen LogP contribution in [0.15, 0.2) is 53.0 Å². The third kappa shape index (κ3) is 4.81.